The lowest BCUT2D eigenvalue weighted by atomic mass is 9.81. The standard InChI is InChI=1S/C16H30N2O3/c1-4-6-13(15(17)20)14(9-11(2)3)16(21)18-8-5-7-12(19)10-18/h11-14,19H,4-10H2,1-3H3,(H2,17,20). The molecule has 3 N–H and O–H groups in total. The van der Waals surface area contributed by atoms with E-state index < -0.39 is 12.0 Å². The number of primary amides is 1. The number of carbonyl (C=O) groups excluding carboxylic acids is 2. The molecule has 0 aliphatic carbocycles. The van der Waals surface area contributed by atoms with E-state index >= 15 is 0 Å². The molecule has 1 fully saturated rings. The number of β-amino-alcohol motifs (C(OH)–C–C–N with tert-alkyl or cyclic N) is 1. The highest BCUT2D eigenvalue weighted by Crippen LogP contribution is 2.28. The summed E-state index contributed by atoms with van der Waals surface area (Å²) in [5.41, 5.74) is 5.53. The van der Waals surface area contributed by atoms with E-state index in [4.69, 9.17) is 5.73 Å². The van der Waals surface area contributed by atoms with Crippen LogP contribution < -0.4 is 5.73 Å². The number of nitrogens with zero attached hydrogens (tertiary/aromatic N) is 1. The van der Waals surface area contributed by atoms with Crippen LogP contribution in [0.2, 0.25) is 0 Å². The predicted octanol–water partition coefficient (Wildman–Crippen LogP) is 1.53. The van der Waals surface area contributed by atoms with Crippen molar-refractivity contribution < 1.29 is 14.7 Å². The molecule has 3 atom stereocenters. The lowest BCUT2D eigenvalue weighted by molar-refractivity contribution is -0.144. The van der Waals surface area contributed by atoms with Gasteiger partial charge in [0.25, 0.3) is 0 Å². The maximum absolute atomic E-state index is 12.8. The molecule has 1 saturated heterocycles. The van der Waals surface area contributed by atoms with Crippen LogP contribution in [0.3, 0.4) is 0 Å². The summed E-state index contributed by atoms with van der Waals surface area (Å²) in [6.45, 7) is 7.15. The third-order valence-electron chi connectivity index (χ3n) is 4.20. The van der Waals surface area contributed by atoms with Crippen molar-refractivity contribution in [2.75, 3.05) is 13.1 Å². The number of carbonyl (C=O) groups is 2. The Morgan fingerprint density at radius 2 is 2.00 bits per heavy atom. The Labute approximate surface area is 127 Å². The second-order valence-corrected chi connectivity index (χ2v) is 6.61. The van der Waals surface area contributed by atoms with E-state index in [2.05, 4.69) is 13.8 Å². The summed E-state index contributed by atoms with van der Waals surface area (Å²) in [6, 6.07) is 0. The molecule has 122 valence electrons. The maximum Gasteiger partial charge on any atom is 0.226 e. The van der Waals surface area contributed by atoms with E-state index in [-0.39, 0.29) is 17.7 Å². The average Bonchev–Trinajstić information content (AvgIpc) is 2.41. The summed E-state index contributed by atoms with van der Waals surface area (Å²) >= 11 is 0. The van der Waals surface area contributed by atoms with E-state index in [9.17, 15) is 14.7 Å². The maximum atomic E-state index is 12.8. The van der Waals surface area contributed by atoms with Gasteiger partial charge < -0.3 is 15.7 Å². The molecule has 0 aromatic heterocycles. The van der Waals surface area contributed by atoms with Crippen molar-refractivity contribution in [1.82, 2.24) is 4.90 Å². The number of amides is 2. The Kier molecular flexibility index (Phi) is 7.15. The van der Waals surface area contributed by atoms with Gasteiger partial charge in [-0.3, -0.25) is 9.59 Å². The highest BCUT2D eigenvalue weighted by atomic mass is 16.3. The van der Waals surface area contributed by atoms with Gasteiger partial charge in [-0.05, 0) is 31.6 Å². The van der Waals surface area contributed by atoms with Crippen LogP contribution in [0.15, 0.2) is 0 Å². The summed E-state index contributed by atoms with van der Waals surface area (Å²) in [4.78, 5) is 26.3. The first-order chi connectivity index (χ1) is 9.86. The Balaban J connectivity index is 2.88. The molecule has 5 nitrogen and oxygen atoms in total. The van der Waals surface area contributed by atoms with Crippen LogP contribution in [0, 0.1) is 17.8 Å². The largest absolute Gasteiger partial charge is 0.391 e. The van der Waals surface area contributed by atoms with Crippen molar-refractivity contribution in [1.29, 1.82) is 0 Å². The molecule has 0 saturated carbocycles. The Bertz CT molecular complexity index is 357. The SMILES string of the molecule is CCCC(C(N)=O)C(CC(C)C)C(=O)N1CCCC(O)C1. The van der Waals surface area contributed by atoms with E-state index in [1.54, 1.807) is 4.90 Å². The van der Waals surface area contributed by atoms with Crippen LogP contribution in [0.1, 0.15) is 52.9 Å². The molecule has 0 radical (unpaired) electrons. The van der Waals surface area contributed by atoms with Gasteiger partial charge in [0.1, 0.15) is 0 Å². The van der Waals surface area contributed by atoms with Crippen LogP contribution in [-0.2, 0) is 9.59 Å². The highest BCUT2D eigenvalue weighted by molar-refractivity contribution is 5.87. The van der Waals surface area contributed by atoms with Gasteiger partial charge in [0.2, 0.25) is 11.8 Å². The zero-order valence-corrected chi connectivity index (χ0v) is 13.5. The van der Waals surface area contributed by atoms with Crippen molar-refractivity contribution in [3.63, 3.8) is 0 Å². The minimum Gasteiger partial charge on any atom is -0.391 e. The number of likely N-dealkylation sites (tertiary alicyclic amines) is 1. The Hall–Kier alpha value is -1.10. The minimum absolute atomic E-state index is 0.0142. The zero-order valence-electron chi connectivity index (χ0n) is 13.5. The number of nitrogens with two attached hydrogens (primary N) is 1. The van der Waals surface area contributed by atoms with Crippen molar-refractivity contribution >= 4 is 11.8 Å². The average molecular weight is 298 g/mol. The van der Waals surface area contributed by atoms with E-state index in [1.807, 2.05) is 6.92 Å². The molecular formula is C16H30N2O3. The molecule has 0 aromatic rings. The topological polar surface area (TPSA) is 83.6 Å². The van der Waals surface area contributed by atoms with Crippen LogP contribution >= 0.6 is 0 Å². The van der Waals surface area contributed by atoms with E-state index in [1.165, 1.54) is 0 Å². The summed E-state index contributed by atoms with van der Waals surface area (Å²) in [5, 5.41) is 9.76. The van der Waals surface area contributed by atoms with E-state index in [0.717, 1.165) is 19.3 Å². The predicted molar refractivity (Wildman–Crippen MR) is 82.4 cm³/mol. The first-order valence-corrected chi connectivity index (χ1v) is 8.12. The number of hydrogen-bond acceptors (Lipinski definition) is 3. The van der Waals surface area contributed by atoms with Crippen molar-refractivity contribution in [2.24, 2.45) is 23.5 Å². The van der Waals surface area contributed by atoms with Crippen molar-refractivity contribution in [2.45, 2.75) is 59.0 Å². The summed E-state index contributed by atoms with van der Waals surface area (Å²) in [7, 11) is 0. The Morgan fingerprint density at radius 1 is 1.33 bits per heavy atom. The van der Waals surface area contributed by atoms with Gasteiger partial charge in [-0.2, -0.15) is 0 Å². The number of aliphatic hydroxyl groups is 1. The molecule has 0 spiro atoms. The highest BCUT2D eigenvalue weighted by Gasteiger charge is 2.36. The number of hydrogen-bond donors (Lipinski definition) is 2. The van der Waals surface area contributed by atoms with Gasteiger partial charge >= 0.3 is 0 Å². The van der Waals surface area contributed by atoms with Crippen LogP contribution in [0.4, 0.5) is 0 Å². The minimum atomic E-state index is -0.444. The van der Waals surface area contributed by atoms with E-state index in [0.29, 0.717) is 31.8 Å². The molecule has 21 heavy (non-hydrogen) atoms. The van der Waals surface area contributed by atoms with Gasteiger partial charge in [-0.1, -0.05) is 27.2 Å². The quantitative estimate of drug-likeness (QED) is 0.747. The van der Waals surface area contributed by atoms with Crippen LogP contribution in [0.5, 0.6) is 0 Å². The van der Waals surface area contributed by atoms with Crippen molar-refractivity contribution in [3.05, 3.63) is 0 Å². The second-order valence-electron chi connectivity index (χ2n) is 6.61. The second kappa shape index (κ2) is 8.37. The fourth-order valence-electron chi connectivity index (χ4n) is 3.19. The smallest absolute Gasteiger partial charge is 0.226 e. The summed E-state index contributed by atoms with van der Waals surface area (Å²) in [6.07, 6.45) is 3.26. The molecule has 0 aromatic carbocycles. The lowest BCUT2D eigenvalue weighted by Crippen LogP contribution is -2.48. The number of rotatable bonds is 7. The number of piperidine rings is 1. The molecule has 0 bridgehead atoms. The normalized spacial score (nSPS) is 22.1. The van der Waals surface area contributed by atoms with Gasteiger partial charge in [0, 0.05) is 24.9 Å². The van der Waals surface area contributed by atoms with Crippen molar-refractivity contribution in [3.8, 4) is 0 Å². The van der Waals surface area contributed by atoms with Gasteiger partial charge in [0.05, 0.1) is 6.10 Å². The first-order valence-electron chi connectivity index (χ1n) is 8.12. The molecule has 1 aliphatic rings. The summed E-state index contributed by atoms with van der Waals surface area (Å²) < 4.78 is 0. The van der Waals surface area contributed by atoms with Crippen LogP contribution in [-0.4, -0.2) is 41.0 Å². The first kappa shape index (κ1) is 18.0. The fourth-order valence-corrected chi connectivity index (χ4v) is 3.19. The van der Waals surface area contributed by atoms with Gasteiger partial charge in [-0.15, -0.1) is 0 Å². The van der Waals surface area contributed by atoms with Gasteiger partial charge in [0.15, 0.2) is 0 Å². The molecule has 2 amide bonds. The zero-order chi connectivity index (χ0) is 16.0. The number of aliphatic hydroxyl groups excluding tert-OH is 1. The Morgan fingerprint density at radius 3 is 2.48 bits per heavy atom. The van der Waals surface area contributed by atoms with Crippen LogP contribution in [0.25, 0.3) is 0 Å². The molecule has 1 heterocycles. The molecule has 1 aliphatic heterocycles. The molecule has 5 heteroatoms. The lowest BCUT2D eigenvalue weighted by Gasteiger charge is -2.35. The molecule has 3 unspecified atom stereocenters. The summed E-state index contributed by atoms with van der Waals surface area (Å²) in [5.74, 6) is -0.822. The molecular weight excluding hydrogens is 268 g/mol. The molecule has 1 rings (SSSR count). The third-order valence-corrected chi connectivity index (χ3v) is 4.20. The third kappa shape index (κ3) is 5.30. The monoisotopic (exact) mass is 298 g/mol. The fraction of sp³-hybridized carbons (Fsp3) is 0.875. The van der Waals surface area contributed by atoms with Gasteiger partial charge in [-0.25, -0.2) is 0 Å².